The van der Waals surface area contributed by atoms with Crippen LogP contribution >= 0.6 is 0 Å². The third-order valence-electron chi connectivity index (χ3n) is 7.00. The normalized spacial score (nSPS) is 20.8. The fourth-order valence-corrected chi connectivity index (χ4v) is 4.95. The topological polar surface area (TPSA) is 87.4 Å². The van der Waals surface area contributed by atoms with Gasteiger partial charge in [0.15, 0.2) is 5.76 Å². The van der Waals surface area contributed by atoms with Crippen LogP contribution in [-0.2, 0) is 14.3 Å². The maximum absolute atomic E-state index is 13.3. The predicted octanol–water partition coefficient (Wildman–Crippen LogP) is 3.01. The van der Waals surface area contributed by atoms with Crippen LogP contribution in [-0.4, -0.2) is 75.4 Å². The van der Waals surface area contributed by atoms with E-state index in [1.807, 2.05) is 67.8 Å². The molecule has 2 saturated heterocycles. The number of amides is 1. The van der Waals surface area contributed by atoms with Crippen molar-refractivity contribution in [1.82, 2.24) is 19.2 Å². The maximum Gasteiger partial charge on any atom is 0.295 e. The number of Topliss-reactive ketones (excluding diaryl/α,β-unsaturated/α-hetero) is 1. The van der Waals surface area contributed by atoms with Gasteiger partial charge >= 0.3 is 0 Å². The van der Waals surface area contributed by atoms with Crippen LogP contribution in [0.1, 0.15) is 34.1 Å². The number of rotatable bonds is 5. The standard InChI is InChI=1S/C27H30N4O4/c1-17-6-8-20(9-7-17)23-21(24(32)22-19(3)30-10-4-5-18(2)26(30)28-22)25(33)27(34)31(23)12-11-29-13-15-35-16-14-29/h4-10,23,32H,11-16H2,1-3H3. The van der Waals surface area contributed by atoms with Crippen molar-refractivity contribution in [3.05, 3.63) is 76.2 Å². The number of nitrogens with zero attached hydrogens (tertiary/aromatic N) is 4. The van der Waals surface area contributed by atoms with Crippen LogP contribution in [0.5, 0.6) is 0 Å². The largest absolute Gasteiger partial charge is 0.505 e. The molecule has 2 aliphatic rings. The molecule has 2 aromatic heterocycles. The average molecular weight is 475 g/mol. The third kappa shape index (κ3) is 4.13. The second-order valence-electron chi connectivity index (χ2n) is 9.29. The summed E-state index contributed by atoms with van der Waals surface area (Å²) >= 11 is 0. The molecule has 0 aliphatic carbocycles. The summed E-state index contributed by atoms with van der Waals surface area (Å²) < 4.78 is 7.32. The van der Waals surface area contributed by atoms with E-state index in [9.17, 15) is 14.7 Å². The Morgan fingerprint density at radius 3 is 2.46 bits per heavy atom. The number of fused-ring (bicyclic) bond motifs is 1. The molecule has 1 aromatic carbocycles. The minimum Gasteiger partial charge on any atom is -0.505 e. The van der Waals surface area contributed by atoms with Gasteiger partial charge in [-0.3, -0.25) is 14.5 Å². The van der Waals surface area contributed by atoms with Crippen LogP contribution in [0.15, 0.2) is 48.2 Å². The van der Waals surface area contributed by atoms with E-state index in [0.717, 1.165) is 29.8 Å². The first-order chi connectivity index (χ1) is 16.9. The smallest absolute Gasteiger partial charge is 0.295 e. The molecule has 1 amide bonds. The molecule has 0 bridgehead atoms. The number of hydrogen-bond acceptors (Lipinski definition) is 6. The Kier molecular flexibility index (Phi) is 6.17. The van der Waals surface area contributed by atoms with Crippen LogP contribution in [0.25, 0.3) is 11.4 Å². The molecular formula is C27H30N4O4. The predicted molar refractivity (Wildman–Crippen MR) is 132 cm³/mol. The molecule has 1 atom stereocenters. The highest BCUT2D eigenvalue weighted by Gasteiger charge is 2.46. The van der Waals surface area contributed by atoms with Crippen LogP contribution in [0.2, 0.25) is 0 Å². The van der Waals surface area contributed by atoms with E-state index < -0.39 is 17.7 Å². The SMILES string of the molecule is Cc1ccc(C2C(=C(O)c3nc4c(C)cccn4c3C)C(=O)C(=O)N2CCN2CCOCC2)cc1. The number of likely N-dealkylation sites (tertiary alicyclic amines) is 1. The minimum atomic E-state index is -0.679. The van der Waals surface area contributed by atoms with E-state index in [4.69, 9.17) is 4.74 Å². The number of morpholine rings is 1. The molecule has 0 spiro atoms. The van der Waals surface area contributed by atoms with Gasteiger partial charge in [-0.15, -0.1) is 0 Å². The summed E-state index contributed by atoms with van der Waals surface area (Å²) in [7, 11) is 0. The molecule has 182 valence electrons. The third-order valence-corrected chi connectivity index (χ3v) is 7.00. The fraction of sp³-hybridized carbons (Fsp3) is 0.370. The zero-order valence-electron chi connectivity index (χ0n) is 20.3. The van der Waals surface area contributed by atoms with Crippen molar-refractivity contribution in [1.29, 1.82) is 0 Å². The number of ether oxygens (including phenoxy) is 1. The highest BCUT2D eigenvalue weighted by molar-refractivity contribution is 6.46. The van der Waals surface area contributed by atoms with Gasteiger partial charge in [-0.1, -0.05) is 35.9 Å². The van der Waals surface area contributed by atoms with Crippen molar-refractivity contribution in [2.45, 2.75) is 26.8 Å². The number of aromatic nitrogens is 2. The zero-order chi connectivity index (χ0) is 24.7. The molecule has 5 rings (SSSR count). The van der Waals surface area contributed by atoms with E-state index in [-0.39, 0.29) is 11.3 Å². The molecule has 1 unspecified atom stereocenters. The summed E-state index contributed by atoms with van der Waals surface area (Å²) in [6.45, 7) is 9.69. The van der Waals surface area contributed by atoms with Gasteiger partial charge in [-0.05, 0) is 38.0 Å². The van der Waals surface area contributed by atoms with Crippen molar-refractivity contribution < 1.29 is 19.4 Å². The molecular weight excluding hydrogens is 444 g/mol. The number of pyridine rings is 1. The lowest BCUT2D eigenvalue weighted by Crippen LogP contribution is -2.42. The summed E-state index contributed by atoms with van der Waals surface area (Å²) in [6, 6.07) is 10.9. The Balaban J connectivity index is 1.60. The molecule has 2 aliphatic heterocycles. The van der Waals surface area contributed by atoms with E-state index in [1.54, 1.807) is 4.90 Å². The van der Waals surface area contributed by atoms with Gasteiger partial charge in [0.25, 0.3) is 11.7 Å². The summed E-state index contributed by atoms with van der Waals surface area (Å²) in [5, 5.41) is 11.5. The van der Waals surface area contributed by atoms with Gasteiger partial charge in [0.05, 0.1) is 30.5 Å². The number of carbonyl (C=O) groups excluding carboxylic acids is 2. The van der Waals surface area contributed by atoms with Crippen LogP contribution in [0, 0.1) is 20.8 Å². The van der Waals surface area contributed by atoms with Crippen molar-refractivity contribution in [3.8, 4) is 0 Å². The van der Waals surface area contributed by atoms with Gasteiger partial charge in [0.2, 0.25) is 0 Å². The number of aliphatic hydroxyl groups is 1. The number of carbonyl (C=O) groups is 2. The highest BCUT2D eigenvalue weighted by Crippen LogP contribution is 2.39. The van der Waals surface area contributed by atoms with Gasteiger partial charge in [-0.25, -0.2) is 4.98 Å². The summed E-state index contributed by atoms with van der Waals surface area (Å²) in [6.07, 6.45) is 1.87. The quantitative estimate of drug-likeness (QED) is 0.348. The number of aliphatic hydroxyl groups excluding tert-OH is 1. The number of imidazole rings is 1. The van der Waals surface area contributed by atoms with Crippen molar-refractivity contribution >= 4 is 23.1 Å². The summed E-state index contributed by atoms with van der Waals surface area (Å²) in [5.74, 6) is -1.50. The van der Waals surface area contributed by atoms with Gasteiger partial charge in [0, 0.05) is 32.4 Å². The van der Waals surface area contributed by atoms with Crippen molar-refractivity contribution in [3.63, 3.8) is 0 Å². The maximum atomic E-state index is 13.3. The number of benzene rings is 1. The van der Waals surface area contributed by atoms with E-state index in [1.165, 1.54) is 0 Å². The Labute approximate surface area is 204 Å². The van der Waals surface area contributed by atoms with E-state index in [0.29, 0.717) is 43.3 Å². The Bertz CT molecular complexity index is 1320. The minimum absolute atomic E-state index is 0.0880. The summed E-state index contributed by atoms with van der Waals surface area (Å²) in [4.78, 5) is 35.1. The second-order valence-corrected chi connectivity index (χ2v) is 9.29. The lowest BCUT2D eigenvalue weighted by atomic mass is 9.95. The van der Waals surface area contributed by atoms with Gasteiger partial charge in [-0.2, -0.15) is 0 Å². The molecule has 3 aromatic rings. The number of aryl methyl sites for hydroxylation is 3. The molecule has 2 fully saturated rings. The van der Waals surface area contributed by atoms with Crippen LogP contribution in [0.4, 0.5) is 0 Å². The zero-order valence-corrected chi connectivity index (χ0v) is 20.3. The number of ketones is 1. The highest BCUT2D eigenvalue weighted by atomic mass is 16.5. The van der Waals surface area contributed by atoms with Crippen LogP contribution in [0.3, 0.4) is 0 Å². The molecule has 0 saturated carbocycles. The van der Waals surface area contributed by atoms with Crippen molar-refractivity contribution in [2.75, 3.05) is 39.4 Å². The average Bonchev–Trinajstić information content (AvgIpc) is 3.33. The first kappa shape index (κ1) is 23.3. The monoisotopic (exact) mass is 474 g/mol. The molecule has 4 heterocycles. The molecule has 8 nitrogen and oxygen atoms in total. The van der Waals surface area contributed by atoms with Crippen molar-refractivity contribution in [2.24, 2.45) is 0 Å². The lowest BCUT2D eigenvalue weighted by molar-refractivity contribution is -0.140. The number of hydrogen-bond donors (Lipinski definition) is 1. The van der Waals surface area contributed by atoms with E-state index in [2.05, 4.69) is 9.88 Å². The van der Waals surface area contributed by atoms with Gasteiger partial charge < -0.3 is 19.1 Å². The fourth-order valence-electron chi connectivity index (χ4n) is 4.95. The first-order valence-electron chi connectivity index (χ1n) is 12.0. The Hall–Kier alpha value is -3.49. The first-order valence-corrected chi connectivity index (χ1v) is 12.0. The molecule has 35 heavy (non-hydrogen) atoms. The van der Waals surface area contributed by atoms with Crippen LogP contribution < -0.4 is 0 Å². The van der Waals surface area contributed by atoms with Gasteiger partial charge in [0.1, 0.15) is 11.3 Å². The van der Waals surface area contributed by atoms with E-state index >= 15 is 0 Å². The molecule has 0 radical (unpaired) electrons. The molecule has 8 heteroatoms. The Morgan fingerprint density at radius 1 is 1.06 bits per heavy atom. The second kappa shape index (κ2) is 9.28. The summed E-state index contributed by atoms with van der Waals surface area (Å²) in [5.41, 5.74) is 4.65. The molecule has 1 N–H and O–H groups in total. The lowest BCUT2D eigenvalue weighted by Gasteiger charge is -2.31. The Morgan fingerprint density at radius 2 is 1.77 bits per heavy atom.